The highest BCUT2D eigenvalue weighted by molar-refractivity contribution is 9.09. The molecule has 3 nitrogen and oxygen atoms in total. The van der Waals surface area contributed by atoms with Crippen LogP contribution in [0.4, 0.5) is 0 Å². The van der Waals surface area contributed by atoms with Crippen molar-refractivity contribution in [2.24, 2.45) is 5.92 Å². The van der Waals surface area contributed by atoms with E-state index in [0.29, 0.717) is 18.2 Å². The first-order valence-corrected chi connectivity index (χ1v) is 6.65. The van der Waals surface area contributed by atoms with Crippen molar-refractivity contribution in [1.82, 2.24) is 5.32 Å². The van der Waals surface area contributed by atoms with Crippen LogP contribution in [-0.4, -0.2) is 17.8 Å². The number of carbonyl (C=O) groups excluding carboxylic acids is 1. The fourth-order valence-corrected chi connectivity index (χ4v) is 1.74. The Hall–Kier alpha value is -0.770. The van der Waals surface area contributed by atoms with Gasteiger partial charge in [-0.05, 0) is 31.7 Å². The predicted molar refractivity (Wildman–Crippen MR) is 68.0 cm³/mol. The fourth-order valence-electron chi connectivity index (χ4n) is 1.42. The molecule has 0 fully saturated rings. The summed E-state index contributed by atoms with van der Waals surface area (Å²) in [6.45, 7) is 4.76. The maximum Gasteiger partial charge on any atom is 0.287 e. The van der Waals surface area contributed by atoms with Crippen LogP contribution in [0.1, 0.15) is 35.9 Å². The maximum atomic E-state index is 11.6. The number of alkyl halides is 1. The Morgan fingerprint density at radius 3 is 2.94 bits per heavy atom. The molecule has 1 rings (SSSR count). The molecule has 1 aromatic heterocycles. The Kier molecular flexibility index (Phi) is 5.60. The molecule has 0 aliphatic rings. The summed E-state index contributed by atoms with van der Waals surface area (Å²) in [5.74, 6) is 0.963. The van der Waals surface area contributed by atoms with Gasteiger partial charge in [0.15, 0.2) is 5.76 Å². The Morgan fingerprint density at radius 2 is 2.38 bits per heavy atom. The number of amides is 1. The average Bonchev–Trinajstić information content (AvgIpc) is 2.70. The number of rotatable bonds is 6. The highest BCUT2D eigenvalue weighted by atomic mass is 79.9. The Balaban J connectivity index is 2.24. The molecule has 1 atom stereocenters. The third-order valence-corrected chi connectivity index (χ3v) is 3.60. The van der Waals surface area contributed by atoms with Gasteiger partial charge in [-0.15, -0.1) is 0 Å². The first-order chi connectivity index (χ1) is 7.65. The number of nitrogens with one attached hydrogen (secondary N) is 1. The van der Waals surface area contributed by atoms with E-state index in [1.807, 2.05) is 6.92 Å². The lowest BCUT2D eigenvalue weighted by Crippen LogP contribution is -2.24. The van der Waals surface area contributed by atoms with Crippen LogP contribution in [0, 0.1) is 12.8 Å². The van der Waals surface area contributed by atoms with Crippen LogP contribution >= 0.6 is 15.9 Å². The molecule has 0 aliphatic heterocycles. The molecule has 0 spiro atoms. The topological polar surface area (TPSA) is 42.2 Å². The highest BCUT2D eigenvalue weighted by Gasteiger charge is 2.11. The third-order valence-electron chi connectivity index (χ3n) is 2.49. The first-order valence-electron chi connectivity index (χ1n) is 5.53. The first kappa shape index (κ1) is 13.3. The molecule has 90 valence electrons. The molecular weight excluding hydrogens is 270 g/mol. The summed E-state index contributed by atoms with van der Waals surface area (Å²) in [6, 6.07) is 1.79. The molecule has 16 heavy (non-hydrogen) atoms. The Labute approximate surface area is 105 Å². The molecule has 1 amide bonds. The van der Waals surface area contributed by atoms with Gasteiger partial charge in [-0.25, -0.2) is 0 Å². The van der Waals surface area contributed by atoms with E-state index in [2.05, 4.69) is 28.2 Å². The second-order valence-electron chi connectivity index (χ2n) is 4.09. The van der Waals surface area contributed by atoms with Crippen LogP contribution in [0.15, 0.2) is 16.7 Å². The van der Waals surface area contributed by atoms with Crippen LogP contribution in [0.2, 0.25) is 0 Å². The lowest BCUT2D eigenvalue weighted by atomic mass is 10.1. The van der Waals surface area contributed by atoms with Crippen LogP contribution in [0.3, 0.4) is 0 Å². The minimum Gasteiger partial charge on any atom is -0.459 e. The molecule has 0 bridgehead atoms. The van der Waals surface area contributed by atoms with Crippen molar-refractivity contribution in [2.45, 2.75) is 26.7 Å². The Morgan fingerprint density at radius 1 is 1.62 bits per heavy atom. The largest absolute Gasteiger partial charge is 0.459 e. The van der Waals surface area contributed by atoms with E-state index in [1.54, 1.807) is 6.07 Å². The summed E-state index contributed by atoms with van der Waals surface area (Å²) in [5, 5.41) is 3.87. The van der Waals surface area contributed by atoms with Crippen molar-refractivity contribution in [3.05, 3.63) is 23.7 Å². The summed E-state index contributed by atoms with van der Waals surface area (Å²) in [4.78, 5) is 11.6. The number of aryl methyl sites for hydroxylation is 1. The van der Waals surface area contributed by atoms with E-state index in [9.17, 15) is 4.79 Å². The lowest BCUT2D eigenvalue weighted by molar-refractivity contribution is 0.0924. The molecule has 1 N–H and O–H groups in total. The zero-order valence-electron chi connectivity index (χ0n) is 9.75. The van der Waals surface area contributed by atoms with Gasteiger partial charge in [0.05, 0.1) is 6.26 Å². The van der Waals surface area contributed by atoms with Crippen LogP contribution in [-0.2, 0) is 0 Å². The summed E-state index contributed by atoms with van der Waals surface area (Å²) in [7, 11) is 0. The summed E-state index contributed by atoms with van der Waals surface area (Å²) < 4.78 is 5.11. The molecule has 0 radical (unpaired) electrons. The SMILES string of the molecule is Cc1ccoc1C(=O)NCCCC(C)CBr. The standard InChI is InChI=1S/C12H18BrNO2/c1-9(8-13)4-3-6-14-12(15)11-10(2)5-7-16-11/h5,7,9H,3-4,6,8H2,1-2H3,(H,14,15). The zero-order chi connectivity index (χ0) is 12.0. The minimum atomic E-state index is -0.117. The third kappa shape index (κ3) is 4.00. The molecule has 4 heteroatoms. The van der Waals surface area contributed by atoms with E-state index < -0.39 is 0 Å². The number of furan rings is 1. The van der Waals surface area contributed by atoms with Gasteiger partial charge in [0.1, 0.15) is 0 Å². The van der Waals surface area contributed by atoms with Crippen molar-refractivity contribution in [1.29, 1.82) is 0 Å². The summed E-state index contributed by atoms with van der Waals surface area (Å²) >= 11 is 3.43. The van der Waals surface area contributed by atoms with Gasteiger partial charge in [0, 0.05) is 17.4 Å². The van der Waals surface area contributed by atoms with Crippen molar-refractivity contribution in [3.63, 3.8) is 0 Å². The lowest BCUT2D eigenvalue weighted by Gasteiger charge is -2.07. The fraction of sp³-hybridized carbons (Fsp3) is 0.583. The zero-order valence-corrected chi connectivity index (χ0v) is 11.3. The van der Waals surface area contributed by atoms with Crippen LogP contribution in [0.5, 0.6) is 0 Å². The minimum absolute atomic E-state index is 0.117. The number of hydrogen-bond acceptors (Lipinski definition) is 2. The van der Waals surface area contributed by atoms with E-state index in [-0.39, 0.29) is 5.91 Å². The van der Waals surface area contributed by atoms with E-state index in [0.717, 1.165) is 23.7 Å². The number of carbonyl (C=O) groups is 1. The molecule has 1 unspecified atom stereocenters. The maximum absolute atomic E-state index is 11.6. The van der Waals surface area contributed by atoms with Crippen LogP contribution < -0.4 is 5.32 Å². The van der Waals surface area contributed by atoms with Gasteiger partial charge in [-0.1, -0.05) is 22.9 Å². The molecule has 1 heterocycles. The number of halogens is 1. The number of hydrogen-bond donors (Lipinski definition) is 1. The molecule has 0 aromatic carbocycles. The summed E-state index contributed by atoms with van der Waals surface area (Å²) in [5.41, 5.74) is 0.881. The van der Waals surface area contributed by atoms with Gasteiger partial charge in [-0.2, -0.15) is 0 Å². The van der Waals surface area contributed by atoms with Gasteiger partial charge >= 0.3 is 0 Å². The summed E-state index contributed by atoms with van der Waals surface area (Å²) in [6.07, 6.45) is 3.65. The van der Waals surface area contributed by atoms with Crippen molar-refractivity contribution in [3.8, 4) is 0 Å². The predicted octanol–water partition coefficient (Wildman–Crippen LogP) is 3.13. The van der Waals surface area contributed by atoms with E-state index in [1.165, 1.54) is 6.26 Å². The van der Waals surface area contributed by atoms with Crippen molar-refractivity contribution < 1.29 is 9.21 Å². The van der Waals surface area contributed by atoms with Gasteiger partial charge in [0.2, 0.25) is 0 Å². The van der Waals surface area contributed by atoms with E-state index in [4.69, 9.17) is 4.42 Å². The normalized spacial score (nSPS) is 12.4. The Bertz CT molecular complexity index is 336. The quantitative estimate of drug-likeness (QED) is 0.645. The second-order valence-corrected chi connectivity index (χ2v) is 4.74. The van der Waals surface area contributed by atoms with Gasteiger partial charge in [0.25, 0.3) is 5.91 Å². The second kappa shape index (κ2) is 6.74. The van der Waals surface area contributed by atoms with Crippen molar-refractivity contribution >= 4 is 21.8 Å². The molecule has 0 saturated carbocycles. The van der Waals surface area contributed by atoms with Crippen molar-refractivity contribution in [2.75, 3.05) is 11.9 Å². The van der Waals surface area contributed by atoms with Crippen LogP contribution in [0.25, 0.3) is 0 Å². The van der Waals surface area contributed by atoms with E-state index >= 15 is 0 Å². The molecule has 0 saturated heterocycles. The van der Waals surface area contributed by atoms with Gasteiger partial charge in [-0.3, -0.25) is 4.79 Å². The molecular formula is C12H18BrNO2. The molecule has 1 aromatic rings. The smallest absolute Gasteiger partial charge is 0.287 e. The highest BCUT2D eigenvalue weighted by Crippen LogP contribution is 2.09. The monoisotopic (exact) mass is 287 g/mol. The average molecular weight is 288 g/mol. The van der Waals surface area contributed by atoms with Gasteiger partial charge < -0.3 is 9.73 Å². The molecule has 0 aliphatic carbocycles.